The minimum Gasteiger partial charge on any atom is -0.480 e. The van der Waals surface area contributed by atoms with Gasteiger partial charge in [-0.25, -0.2) is 15.0 Å². The molecule has 1 saturated carbocycles. The number of ether oxygens (including phenoxy) is 2. The normalized spacial score (nSPS) is 20.9. The van der Waals surface area contributed by atoms with E-state index in [2.05, 4.69) is 37.1 Å². The average molecular weight is 466 g/mol. The van der Waals surface area contributed by atoms with Gasteiger partial charge in [-0.3, -0.25) is 4.79 Å². The number of hydrogen-bond acceptors (Lipinski definition) is 8. The third kappa shape index (κ3) is 4.30. The summed E-state index contributed by atoms with van der Waals surface area (Å²) in [4.78, 5) is 30.6. The van der Waals surface area contributed by atoms with Crippen molar-refractivity contribution in [3.8, 4) is 23.0 Å². The van der Waals surface area contributed by atoms with E-state index in [-0.39, 0.29) is 11.8 Å². The van der Waals surface area contributed by atoms with Crippen molar-refractivity contribution < 1.29 is 14.3 Å². The molecule has 1 saturated heterocycles. The first kappa shape index (κ1) is 22.5. The first-order chi connectivity index (χ1) is 16.5. The molecule has 2 fully saturated rings. The number of fused-ring (bicyclic) bond motifs is 1. The van der Waals surface area contributed by atoms with E-state index in [0.29, 0.717) is 29.1 Å². The summed E-state index contributed by atoms with van der Waals surface area (Å²) < 4.78 is 12.9. The van der Waals surface area contributed by atoms with Gasteiger partial charge in [0.05, 0.1) is 31.6 Å². The number of hydrogen-bond donors (Lipinski definition) is 1. The summed E-state index contributed by atoms with van der Waals surface area (Å²) in [5.74, 6) is 1.98. The average Bonchev–Trinajstić information content (AvgIpc) is 3.55. The molecule has 10 nitrogen and oxygen atoms in total. The molecule has 34 heavy (non-hydrogen) atoms. The molecule has 1 aliphatic carbocycles. The highest BCUT2D eigenvalue weighted by atomic mass is 16.5. The lowest BCUT2D eigenvalue weighted by Gasteiger charge is -2.32. The summed E-state index contributed by atoms with van der Waals surface area (Å²) in [6.07, 6.45) is 4.13. The number of aryl methyl sites for hydroxylation is 1. The summed E-state index contributed by atoms with van der Waals surface area (Å²) in [7, 11) is 7.23. The van der Waals surface area contributed by atoms with Crippen LogP contribution in [0.25, 0.3) is 22.2 Å². The van der Waals surface area contributed by atoms with E-state index in [0.717, 1.165) is 55.7 Å². The lowest BCUT2D eigenvalue weighted by atomic mass is 10.2. The van der Waals surface area contributed by atoms with Crippen LogP contribution in [0, 0.1) is 11.8 Å². The molecule has 1 amide bonds. The molecule has 0 aromatic carbocycles. The van der Waals surface area contributed by atoms with Crippen molar-refractivity contribution in [3.63, 3.8) is 0 Å². The molecule has 0 unspecified atom stereocenters. The van der Waals surface area contributed by atoms with E-state index in [1.807, 2.05) is 23.7 Å². The van der Waals surface area contributed by atoms with Gasteiger partial charge in [0, 0.05) is 51.1 Å². The summed E-state index contributed by atoms with van der Waals surface area (Å²) in [5.41, 5.74) is 2.42. The molecule has 2 aliphatic rings. The molecular formula is C24H31N7O3. The Kier molecular flexibility index (Phi) is 6.09. The second-order valence-corrected chi connectivity index (χ2v) is 9.18. The number of carbonyl (C=O) groups excluding carboxylic acids is 1. The number of methoxy groups -OCH3 is 2. The fraction of sp³-hybridized carbons (Fsp3) is 0.500. The van der Waals surface area contributed by atoms with Crippen LogP contribution in [0.2, 0.25) is 0 Å². The predicted octanol–water partition coefficient (Wildman–Crippen LogP) is 1.87. The van der Waals surface area contributed by atoms with Crippen molar-refractivity contribution in [2.75, 3.05) is 59.3 Å². The Bertz CT molecular complexity index is 1180. The summed E-state index contributed by atoms with van der Waals surface area (Å²) in [5, 5.41) is 3.97. The van der Waals surface area contributed by atoms with Crippen LogP contribution in [0.15, 0.2) is 24.7 Å². The first-order valence-electron chi connectivity index (χ1n) is 11.6. The van der Waals surface area contributed by atoms with Crippen LogP contribution in [-0.4, -0.2) is 89.2 Å². The van der Waals surface area contributed by atoms with Crippen LogP contribution in [0.5, 0.6) is 11.8 Å². The molecule has 0 radical (unpaired) electrons. The van der Waals surface area contributed by atoms with Gasteiger partial charge in [0.15, 0.2) is 0 Å². The second kappa shape index (κ2) is 9.19. The van der Waals surface area contributed by atoms with Gasteiger partial charge in [-0.05, 0) is 31.5 Å². The molecule has 10 heteroatoms. The van der Waals surface area contributed by atoms with Gasteiger partial charge in [0.2, 0.25) is 17.7 Å². The van der Waals surface area contributed by atoms with E-state index in [1.165, 1.54) is 6.33 Å². The molecule has 4 heterocycles. The lowest BCUT2D eigenvalue weighted by molar-refractivity contribution is -0.117. The van der Waals surface area contributed by atoms with Crippen LogP contribution in [-0.2, 0) is 11.8 Å². The predicted molar refractivity (Wildman–Crippen MR) is 129 cm³/mol. The number of rotatable bonds is 7. The Morgan fingerprint density at radius 2 is 1.76 bits per heavy atom. The molecule has 3 aromatic heterocycles. The third-order valence-corrected chi connectivity index (χ3v) is 6.95. The van der Waals surface area contributed by atoms with Crippen molar-refractivity contribution in [2.45, 2.75) is 6.42 Å². The fourth-order valence-electron chi connectivity index (χ4n) is 4.78. The number of nitrogens with one attached hydrogen (secondary N) is 1. The van der Waals surface area contributed by atoms with E-state index in [4.69, 9.17) is 9.47 Å². The minimum absolute atomic E-state index is 0.0573. The maximum Gasteiger partial charge on any atom is 0.229 e. The molecule has 3 aromatic rings. The molecule has 2 atom stereocenters. The number of amides is 1. The Morgan fingerprint density at radius 1 is 1.06 bits per heavy atom. The lowest BCUT2D eigenvalue weighted by Crippen LogP contribution is -2.45. The van der Waals surface area contributed by atoms with Crippen molar-refractivity contribution in [3.05, 3.63) is 24.7 Å². The van der Waals surface area contributed by atoms with Gasteiger partial charge < -0.3 is 29.2 Å². The van der Waals surface area contributed by atoms with E-state index in [9.17, 15) is 4.79 Å². The maximum atomic E-state index is 12.8. The minimum atomic E-state index is 0.0573. The van der Waals surface area contributed by atoms with E-state index < -0.39 is 0 Å². The number of piperazine rings is 1. The van der Waals surface area contributed by atoms with Crippen molar-refractivity contribution >= 4 is 22.6 Å². The zero-order chi connectivity index (χ0) is 23.8. The van der Waals surface area contributed by atoms with Crippen molar-refractivity contribution in [1.29, 1.82) is 0 Å². The van der Waals surface area contributed by atoms with Crippen molar-refractivity contribution in [2.24, 2.45) is 18.9 Å². The summed E-state index contributed by atoms with van der Waals surface area (Å²) in [6.45, 7) is 5.36. The Morgan fingerprint density at radius 3 is 2.44 bits per heavy atom. The highest BCUT2D eigenvalue weighted by molar-refractivity contribution is 5.96. The third-order valence-electron chi connectivity index (χ3n) is 6.95. The van der Waals surface area contributed by atoms with Crippen LogP contribution >= 0.6 is 0 Å². The number of carbonyl (C=O) groups is 1. The van der Waals surface area contributed by atoms with E-state index >= 15 is 0 Å². The van der Waals surface area contributed by atoms with Gasteiger partial charge in [0.1, 0.15) is 17.7 Å². The quantitative estimate of drug-likeness (QED) is 0.565. The van der Waals surface area contributed by atoms with E-state index in [1.54, 1.807) is 20.4 Å². The SMILES string of the molecule is COc1ncnc(OC)c1-c1cc2cc(NC(=O)[C@@H]3C[C@H]3CN3CCN(C)CC3)ncc2n1C. The highest BCUT2D eigenvalue weighted by Crippen LogP contribution is 2.41. The highest BCUT2D eigenvalue weighted by Gasteiger charge is 2.44. The van der Waals surface area contributed by atoms with Gasteiger partial charge in [-0.15, -0.1) is 0 Å². The molecule has 5 rings (SSSR count). The van der Waals surface area contributed by atoms with Gasteiger partial charge >= 0.3 is 0 Å². The Balaban J connectivity index is 1.31. The standard InChI is InChI=1S/C24H31N7O3/c1-29-5-7-31(8-6-29)13-16-9-17(16)22(32)28-20-11-15-10-18(30(2)19(15)12-25-20)21-23(33-3)26-14-27-24(21)34-4/h10-12,14,16-17H,5-9,13H2,1-4H3,(H,25,28,32)/t16-,17+/m0/s1. The monoisotopic (exact) mass is 465 g/mol. The van der Waals surface area contributed by atoms with Gasteiger partial charge in [-0.2, -0.15) is 0 Å². The number of nitrogens with zero attached hydrogens (tertiary/aromatic N) is 6. The fourth-order valence-corrected chi connectivity index (χ4v) is 4.78. The zero-order valence-electron chi connectivity index (χ0n) is 20.1. The molecule has 0 bridgehead atoms. The zero-order valence-corrected chi connectivity index (χ0v) is 20.1. The molecule has 1 aliphatic heterocycles. The Labute approximate surface area is 198 Å². The number of pyridine rings is 1. The van der Waals surface area contributed by atoms with Crippen molar-refractivity contribution in [1.82, 2.24) is 29.3 Å². The maximum absolute atomic E-state index is 12.8. The van der Waals surface area contributed by atoms with Gasteiger partial charge in [0.25, 0.3) is 0 Å². The Hall–Kier alpha value is -3.24. The van der Waals surface area contributed by atoms with Crippen LogP contribution in [0.3, 0.4) is 0 Å². The molecular weight excluding hydrogens is 434 g/mol. The van der Waals surface area contributed by atoms with Crippen LogP contribution in [0.1, 0.15) is 6.42 Å². The number of anilines is 1. The molecule has 1 N–H and O–H groups in total. The first-order valence-corrected chi connectivity index (χ1v) is 11.6. The largest absolute Gasteiger partial charge is 0.480 e. The smallest absolute Gasteiger partial charge is 0.229 e. The number of aromatic nitrogens is 4. The number of likely N-dealkylation sites (N-methyl/N-ethyl adjacent to an activating group) is 1. The van der Waals surface area contributed by atoms with Gasteiger partial charge in [-0.1, -0.05) is 0 Å². The second-order valence-electron chi connectivity index (χ2n) is 9.18. The molecule has 180 valence electrons. The summed E-state index contributed by atoms with van der Waals surface area (Å²) >= 11 is 0. The van der Waals surface area contributed by atoms with Crippen LogP contribution in [0.4, 0.5) is 5.82 Å². The topological polar surface area (TPSA) is 97.6 Å². The summed E-state index contributed by atoms with van der Waals surface area (Å²) in [6, 6.07) is 3.90. The molecule has 0 spiro atoms. The van der Waals surface area contributed by atoms with Crippen LogP contribution < -0.4 is 14.8 Å².